The Morgan fingerprint density at radius 1 is 1.06 bits per heavy atom. The molecule has 0 radical (unpaired) electrons. The van der Waals surface area contributed by atoms with Crippen molar-refractivity contribution < 1.29 is 4.79 Å². The van der Waals surface area contributed by atoms with Gasteiger partial charge in [0.25, 0.3) is 0 Å². The summed E-state index contributed by atoms with van der Waals surface area (Å²) in [6.45, 7) is 4.34. The van der Waals surface area contributed by atoms with Crippen molar-refractivity contribution in [3.05, 3.63) is 74.5 Å². The zero-order valence-corrected chi connectivity index (χ0v) is 18.9. The van der Waals surface area contributed by atoms with Gasteiger partial charge in [-0.05, 0) is 55.8 Å². The summed E-state index contributed by atoms with van der Waals surface area (Å²) >= 11 is 18.8. The van der Waals surface area contributed by atoms with Crippen LogP contribution in [0, 0.1) is 0 Å². The highest BCUT2D eigenvalue weighted by Crippen LogP contribution is 2.30. The third kappa shape index (κ3) is 4.49. The molecular weight excluding hydrogens is 459 g/mol. The van der Waals surface area contributed by atoms with E-state index in [9.17, 15) is 4.79 Å². The van der Waals surface area contributed by atoms with Crippen molar-refractivity contribution in [1.29, 1.82) is 0 Å². The fraction of sp³-hybridized carbons (Fsp3) is 0.190. The summed E-state index contributed by atoms with van der Waals surface area (Å²) in [5, 5.41) is 12.7. The smallest absolute Gasteiger partial charge is 0.196 e. The Bertz CT molecular complexity index is 1250. The molecule has 31 heavy (non-hydrogen) atoms. The molecule has 0 bridgehead atoms. The molecule has 2 aromatic carbocycles. The van der Waals surface area contributed by atoms with E-state index in [1.54, 1.807) is 41.1 Å². The number of anilines is 1. The van der Waals surface area contributed by atoms with E-state index in [0.29, 0.717) is 34.1 Å². The zero-order chi connectivity index (χ0) is 22.1. The first-order chi connectivity index (χ1) is 14.8. The van der Waals surface area contributed by atoms with E-state index < -0.39 is 0 Å². The lowest BCUT2D eigenvalue weighted by molar-refractivity contribution is 0.103. The lowest BCUT2D eigenvalue weighted by atomic mass is 10.0. The normalized spacial score (nSPS) is 11.3. The van der Waals surface area contributed by atoms with Gasteiger partial charge in [-0.2, -0.15) is 0 Å². The Morgan fingerprint density at radius 2 is 1.74 bits per heavy atom. The van der Waals surface area contributed by atoms with E-state index in [2.05, 4.69) is 25.6 Å². The molecule has 7 nitrogen and oxygen atoms in total. The lowest BCUT2D eigenvalue weighted by Gasteiger charge is -2.10. The average molecular weight is 476 g/mol. The van der Waals surface area contributed by atoms with Crippen LogP contribution in [0.1, 0.15) is 35.3 Å². The number of aromatic nitrogens is 5. The first-order valence-corrected chi connectivity index (χ1v) is 10.6. The van der Waals surface area contributed by atoms with E-state index in [1.165, 1.54) is 6.33 Å². The van der Waals surface area contributed by atoms with Gasteiger partial charge in [0, 0.05) is 16.6 Å². The van der Waals surface area contributed by atoms with Crippen LogP contribution in [0.3, 0.4) is 0 Å². The molecule has 0 aliphatic heterocycles. The fourth-order valence-electron chi connectivity index (χ4n) is 3.13. The number of halogens is 3. The number of benzene rings is 2. The van der Waals surface area contributed by atoms with Crippen LogP contribution in [-0.4, -0.2) is 36.8 Å². The highest BCUT2D eigenvalue weighted by Gasteiger charge is 2.19. The van der Waals surface area contributed by atoms with Crippen LogP contribution in [0.4, 0.5) is 5.82 Å². The Kier molecular flexibility index (Phi) is 6.09. The molecule has 0 aliphatic carbocycles. The maximum Gasteiger partial charge on any atom is 0.196 e. The molecule has 0 saturated heterocycles. The molecule has 0 amide bonds. The number of rotatable bonds is 6. The van der Waals surface area contributed by atoms with E-state index in [0.717, 1.165) is 5.56 Å². The van der Waals surface area contributed by atoms with Crippen molar-refractivity contribution in [2.45, 2.75) is 26.4 Å². The average Bonchev–Trinajstić information content (AvgIpc) is 3.11. The number of hydrogen-bond acceptors (Lipinski definition) is 6. The number of hydrogen-bond donors (Lipinski definition) is 1. The molecule has 158 valence electrons. The molecule has 1 N–H and O–H groups in total. The van der Waals surface area contributed by atoms with E-state index in [1.807, 2.05) is 13.8 Å². The number of fused-ring (bicyclic) bond motifs is 1. The molecule has 0 unspecified atom stereocenters. The molecule has 2 heterocycles. The second-order valence-corrected chi connectivity index (χ2v) is 8.46. The first kappa shape index (κ1) is 21.5. The summed E-state index contributed by atoms with van der Waals surface area (Å²) in [5.41, 5.74) is 2.59. The molecule has 0 spiro atoms. The minimum absolute atomic E-state index is 0.187. The summed E-state index contributed by atoms with van der Waals surface area (Å²) in [7, 11) is 0. The fourth-order valence-corrected chi connectivity index (χ4v) is 3.96. The van der Waals surface area contributed by atoms with Crippen molar-refractivity contribution in [3.63, 3.8) is 0 Å². The molecule has 0 atom stereocenters. The molecule has 4 aromatic rings. The summed E-state index contributed by atoms with van der Waals surface area (Å²) in [6.07, 6.45) is 1.46. The molecule has 0 saturated carbocycles. The predicted octanol–water partition coefficient (Wildman–Crippen LogP) is 5.28. The van der Waals surface area contributed by atoms with Crippen molar-refractivity contribution in [2.24, 2.45) is 0 Å². The Balaban J connectivity index is 1.65. The molecule has 0 aliphatic rings. The van der Waals surface area contributed by atoms with Gasteiger partial charge in [0.2, 0.25) is 0 Å². The zero-order valence-electron chi connectivity index (χ0n) is 16.6. The Morgan fingerprint density at radius 3 is 2.39 bits per heavy atom. The Hall–Kier alpha value is -2.74. The summed E-state index contributed by atoms with van der Waals surface area (Å²) in [6, 6.07) is 10.1. The van der Waals surface area contributed by atoms with Gasteiger partial charge in [0.1, 0.15) is 6.33 Å². The summed E-state index contributed by atoms with van der Waals surface area (Å²) in [5.74, 6) is 0.341. The molecule has 2 aromatic heterocycles. The van der Waals surface area contributed by atoms with E-state index >= 15 is 0 Å². The highest BCUT2D eigenvalue weighted by molar-refractivity contribution is 6.41. The molecular formula is C21H17Cl3N6O. The number of carbonyl (C=O) groups excluding carboxylic acids is 1. The Labute approximate surface area is 193 Å². The summed E-state index contributed by atoms with van der Waals surface area (Å²) < 4.78 is 1.63. The SMILES string of the molecule is CC(C)Nc1ncnc2c1nnn2Cc1cc(Cl)c(C(=O)c2ccc(Cl)cc2)c(Cl)c1. The summed E-state index contributed by atoms with van der Waals surface area (Å²) in [4.78, 5) is 21.4. The molecule has 10 heteroatoms. The van der Waals surface area contributed by atoms with Gasteiger partial charge in [-0.15, -0.1) is 5.10 Å². The second-order valence-electron chi connectivity index (χ2n) is 7.21. The quantitative estimate of drug-likeness (QED) is 0.382. The predicted molar refractivity (Wildman–Crippen MR) is 122 cm³/mol. The van der Waals surface area contributed by atoms with Gasteiger partial charge in [-0.1, -0.05) is 40.0 Å². The van der Waals surface area contributed by atoms with E-state index in [4.69, 9.17) is 34.8 Å². The van der Waals surface area contributed by atoms with Crippen molar-refractivity contribution >= 4 is 57.6 Å². The largest absolute Gasteiger partial charge is 0.366 e. The van der Waals surface area contributed by atoms with E-state index in [-0.39, 0.29) is 27.4 Å². The number of carbonyl (C=O) groups is 1. The number of ketones is 1. The van der Waals surface area contributed by atoms with Gasteiger partial charge >= 0.3 is 0 Å². The third-order valence-electron chi connectivity index (χ3n) is 4.49. The van der Waals surface area contributed by atoms with Crippen LogP contribution in [0.15, 0.2) is 42.7 Å². The van der Waals surface area contributed by atoms with Crippen LogP contribution in [0.25, 0.3) is 11.2 Å². The van der Waals surface area contributed by atoms with Crippen LogP contribution >= 0.6 is 34.8 Å². The van der Waals surface area contributed by atoms with Gasteiger partial charge in [-0.3, -0.25) is 4.79 Å². The lowest BCUT2D eigenvalue weighted by Crippen LogP contribution is -2.11. The molecule has 4 rings (SSSR count). The standard InChI is InChI=1S/C21H17Cl3N6O/c1-11(2)27-20-18-21(26-10-25-20)30(29-28-18)9-12-7-15(23)17(16(24)8-12)19(31)13-3-5-14(22)6-4-13/h3-8,10-11H,9H2,1-2H3,(H,25,26,27). The molecule has 0 fully saturated rings. The third-order valence-corrected chi connectivity index (χ3v) is 5.34. The maximum atomic E-state index is 12.9. The number of nitrogens with zero attached hydrogens (tertiary/aromatic N) is 5. The van der Waals surface area contributed by atoms with Crippen molar-refractivity contribution in [3.8, 4) is 0 Å². The van der Waals surface area contributed by atoms with Crippen LogP contribution in [0.5, 0.6) is 0 Å². The maximum absolute atomic E-state index is 12.9. The van der Waals surface area contributed by atoms with Gasteiger partial charge in [0.05, 0.1) is 22.2 Å². The highest BCUT2D eigenvalue weighted by atomic mass is 35.5. The number of nitrogens with one attached hydrogen (secondary N) is 1. The van der Waals surface area contributed by atoms with Crippen LogP contribution in [0.2, 0.25) is 15.1 Å². The minimum atomic E-state index is -0.276. The van der Waals surface area contributed by atoms with Crippen LogP contribution in [-0.2, 0) is 6.54 Å². The minimum Gasteiger partial charge on any atom is -0.366 e. The topological polar surface area (TPSA) is 85.6 Å². The van der Waals surface area contributed by atoms with Crippen molar-refractivity contribution in [1.82, 2.24) is 25.0 Å². The first-order valence-electron chi connectivity index (χ1n) is 9.42. The van der Waals surface area contributed by atoms with Gasteiger partial charge in [-0.25, -0.2) is 14.6 Å². The van der Waals surface area contributed by atoms with Gasteiger partial charge < -0.3 is 5.32 Å². The van der Waals surface area contributed by atoms with Gasteiger partial charge in [0.15, 0.2) is 22.8 Å². The second kappa shape index (κ2) is 8.78. The van der Waals surface area contributed by atoms with Crippen molar-refractivity contribution in [2.75, 3.05) is 5.32 Å². The van der Waals surface area contributed by atoms with Crippen LogP contribution < -0.4 is 5.32 Å². The monoisotopic (exact) mass is 474 g/mol.